The summed E-state index contributed by atoms with van der Waals surface area (Å²) in [5, 5.41) is -0.323. The summed E-state index contributed by atoms with van der Waals surface area (Å²) in [6.45, 7) is 1.36. The molecule has 0 aromatic heterocycles. The van der Waals surface area contributed by atoms with Gasteiger partial charge in [0, 0.05) is 36.7 Å². The van der Waals surface area contributed by atoms with Crippen molar-refractivity contribution in [1.82, 2.24) is 4.90 Å². The minimum atomic E-state index is -0.323. The number of nitrogens with zero attached hydrogens (tertiary/aromatic N) is 2. The number of hydrogen-bond acceptors (Lipinski definition) is 6. The summed E-state index contributed by atoms with van der Waals surface area (Å²) in [4.78, 5) is 40.9. The Kier molecular flexibility index (Phi) is 5.90. The number of hydrogen-bond donors (Lipinski definition) is 0. The van der Waals surface area contributed by atoms with E-state index in [4.69, 9.17) is 4.74 Å². The first kappa shape index (κ1) is 18.1. The fourth-order valence-corrected chi connectivity index (χ4v) is 4.98. The molecule has 2 amide bonds. The first-order valence-electron chi connectivity index (χ1n) is 8.09. The summed E-state index contributed by atoms with van der Waals surface area (Å²) in [5.74, 6) is 0.819. The van der Waals surface area contributed by atoms with Crippen molar-refractivity contribution in [2.75, 3.05) is 43.1 Å². The molecule has 0 bridgehead atoms. The number of amides is 2. The van der Waals surface area contributed by atoms with E-state index in [1.807, 2.05) is 24.3 Å². The summed E-state index contributed by atoms with van der Waals surface area (Å²) in [6, 6.07) is 7.75. The van der Waals surface area contributed by atoms with Gasteiger partial charge in [-0.25, -0.2) is 0 Å². The molecule has 1 fully saturated rings. The maximum atomic E-state index is 12.5. The standard InChI is InChI=1S/C17H20N2O4S2/c1-23-17(22)14-10-18(8-9-24-14)15(20)6-7-19-12-4-2-3-5-13(12)25-11-16(19)21/h2-5,14H,6-11H2,1H3/t14-/m1/s1. The molecule has 134 valence electrons. The zero-order chi connectivity index (χ0) is 17.8. The van der Waals surface area contributed by atoms with E-state index in [-0.39, 0.29) is 29.5 Å². The van der Waals surface area contributed by atoms with E-state index in [1.165, 1.54) is 30.6 Å². The molecule has 0 aliphatic carbocycles. The Labute approximate surface area is 155 Å². The Hall–Kier alpha value is -1.67. The van der Waals surface area contributed by atoms with Gasteiger partial charge in [-0.05, 0) is 12.1 Å². The fraction of sp³-hybridized carbons (Fsp3) is 0.471. The van der Waals surface area contributed by atoms with Gasteiger partial charge in [0.2, 0.25) is 11.8 Å². The van der Waals surface area contributed by atoms with Crippen molar-refractivity contribution in [3.63, 3.8) is 0 Å². The highest BCUT2D eigenvalue weighted by Gasteiger charge is 2.30. The molecule has 2 aliphatic rings. The lowest BCUT2D eigenvalue weighted by Crippen LogP contribution is -2.46. The van der Waals surface area contributed by atoms with Crippen LogP contribution in [0.5, 0.6) is 0 Å². The van der Waals surface area contributed by atoms with Crippen molar-refractivity contribution in [1.29, 1.82) is 0 Å². The van der Waals surface area contributed by atoms with Gasteiger partial charge in [0.15, 0.2) is 0 Å². The number of rotatable bonds is 4. The van der Waals surface area contributed by atoms with Gasteiger partial charge in [-0.3, -0.25) is 14.4 Å². The minimum Gasteiger partial charge on any atom is -0.468 e. The molecular formula is C17H20N2O4S2. The zero-order valence-corrected chi connectivity index (χ0v) is 15.6. The third-order valence-corrected chi connectivity index (χ3v) is 6.45. The second-order valence-corrected chi connectivity index (χ2v) is 8.10. The van der Waals surface area contributed by atoms with E-state index in [1.54, 1.807) is 9.80 Å². The van der Waals surface area contributed by atoms with Gasteiger partial charge in [-0.15, -0.1) is 23.5 Å². The number of methoxy groups -OCH3 is 1. The van der Waals surface area contributed by atoms with E-state index >= 15 is 0 Å². The summed E-state index contributed by atoms with van der Waals surface area (Å²) in [7, 11) is 1.36. The monoisotopic (exact) mass is 380 g/mol. The van der Waals surface area contributed by atoms with Crippen molar-refractivity contribution in [3.05, 3.63) is 24.3 Å². The number of esters is 1. The Morgan fingerprint density at radius 3 is 2.92 bits per heavy atom. The molecule has 0 N–H and O–H groups in total. The second kappa shape index (κ2) is 8.14. The quantitative estimate of drug-likeness (QED) is 0.740. The third-order valence-electron chi connectivity index (χ3n) is 4.24. The molecule has 25 heavy (non-hydrogen) atoms. The minimum absolute atomic E-state index is 0.0261. The number of carbonyl (C=O) groups excluding carboxylic acids is 3. The van der Waals surface area contributed by atoms with Crippen molar-refractivity contribution in [2.24, 2.45) is 0 Å². The average Bonchev–Trinajstić information content (AvgIpc) is 2.66. The number of thioether (sulfide) groups is 2. The first-order valence-corrected chi connectivity index (χ1v) is 10.1. The van der Waals surface area contributed by atoms with Crippen molar-refractivity contribution in [3.8, 4) is 0 Å². The Balaban J connectivity index is 1.61. The number of anilines is 1. The predicted molar refractivity (Wildman–Crippen MR) is 99.0 cm³/mol. The van der Waals surface area contributed by atoms with Crippen LogP contribution in [-0.4, -0.2) is 66.2 Å². The lowest BCUT2D eigenvalue weighted by atomic mass is 10.2. The van der Waals surface area contributed by atoms with Crippen molar-refractivity contribution < 1.29 is 19.1 Å². The number of ether oxygens (including phenoxy) is 1. The molecule has 2 aliphatic heterocycles. The van der Waals surface area contributed by atoms with Crippen LogP contribution in [0.1, 0.15) is 6.42 Å². The normalized spacial score (nSPS) is 20.2. The summed E-state index contributed by atoms with van der Waals surface area (Å²) >= 11 is 3.05. The predicted octanol–water partition coefficient (Wildman–Crippen LogP) is 1.63. The third kappa shape index (κ3) is 4.12. The molecule has 1 aromatic rings. The number of carbonyl (C=O) groups is 3. The highest BCUT2D eigenvalue weighted by Crippen LogP contribution is 2.35. The fourth-order valence-electron chi connectivity index (χ4n) is 2.91. The number of benzene rings is 1. The van der Waals surface area contributed by atoms with Crippen LogP contribution in [0.15, 0.2) is 29.2 Å². The molecule has 1 aromatic carbocycles. The molecule has 0 spiro atoms. The lowest BCUT2D eigenvalue weighted by molar-refractivity contribution is -0.141. The molecule has 2 heterocycles. The van der Waals surface area contributed by atoms with Gasteiger partial charge in [-0.1, -0.05) is 12.1 Å². The lowest BCUT2D eigenvalue weighted by Gasteiger charge is -2.33. The van der Waals surface area contributed by atoms with Gasteiger partial charge in [-0.2, -0.15) is 0 Å². The molecule has 3 rings (SSSR count). The van der Waals surface area contributed by atoms with E-state index in [2.05, 4.69) is 0 Å². The van der Waals surface area contributed by atoms with Crippen LogP contribution in [0.25, 0.3) is 0 Å². The van der Waals surface area contributed by atoms with E-state index in [0.29, 0.717) is 31.1 Å². The van der Waals surface area contributed by atoms with Crippen LogP contribution in [0, 0.1) is 0 Å². The van der Waals surface area contributed by atoms with Gasteiger partial charge >= 0.3 is 5.97 Å². The van der Waals surface area contributed by atoms with Gasteiger partial charge in [0.05, 0.1) is 18.6 Å². The van der Waals surface area contributed by atoms with Gasteiger partial charge in [0.1, 0.15) is 5.25 Å². The van der Waals surface area contributed by atoms with E-state index in [9.17, 15) is 14.4 Å². The number of fused-ring (bicyclic) bond motifs is 1. The molecule has 1 saturated heterocycles. The molecule has 1 atom stereocenters. The number of para-hydroxylation sites is 1. The van der Waals surface area contributed by atoms with E-state index in [0.717, 1.165) is 10.6 Å². The highest BCUT2D eigenvalue weighted by atomic mass is 32.2. The summed E-state index contributed by atoms with van der Waals surface area (Å²) in [6.07, 6.45) is 0.253. The SMILES string of the molecule is COC(=O)[C@H]1CN(C(=O)CCN2C(=O)CSc3ccccc32)CCS1. The van der Waals surface area contributed by atoms with Crippen LogP contribution in [0.3, 0.4) is 0 Å². The van der Waals surface area contributed by atoms with Crippen LogP contribution >= 0.6 is 23.5 Å². The molecule has 0 saturated carbocycles. The Morgan fingerprint density at radius 1 is 1.32 bits per heavy atom. The zero-order valence-electron chi connectivity index (χ0n) is 14.0. The Bertz CT molecular complexity index is 682. The maximum Gasteiger partial charge on any atom is 0.320 e. The van der Waals surface area contributed by atoms with Gasteiger partial charge < -0.3 is 14.5 Å². The van der Waals surface area contributed by atoms with E-state index < -0.39 is 0 Å². The average molecular weight is 380 g/mol. The molecule has 6 nitrogen and oxygen atoms in total. The summed E-state index contributed by atoms with van der Waals surface area (Å²) in [5.41, 5.74) is 0.873. The van der Waals surface area contributed by atoms with Crippen LogP contribution in [0.4, 0.5) is 5.69 Å². The first-order chi connectivity index (χ1) is 12.1. The molecule has 0 radical (unpaired) electrons. The highest BCUT2D eigenvalue weighted by molar-refractivity contribution is 8.00. The van der Waals surface area contributed by atoms with Crippen LogP contribution in [-0.2, 0) is 19.1 Å². The summed E-state index contributed by atoms with van der Waals surface area (Å²) < 4.78 is 4.77. The topological polar surface area (TPSA) is 66.9 Å². The van der Waals surface area contributed by atoms with Crippen LogP contribution in [0.2, 0.25) is 0 Å². The second-order valence-electron chi connectivity index (χ2n) is 5.77. The van der Waals surface area contributed by atoms with Gasteiger partial charge in [0.25, 0.3) is 0 Å². The van der Waals surface area contributed by atoms with Crippen molar-refractivity contribution in [2.45, 2.75) is 16.6 Å². The smallest absolute Gasteiger partial charge is 0.320 e. The van der Waals surface area contributed by atoms with Crippen molar-refractivity contribution >= 4 is 47.0 Å². The molecule has 8 heteroatoms. The molecule has 0 unspecified atom stereocenters. The largest absolute Gasteiger partial charge is 0.468 e. The Morgan fingerprint density at radius 2 is 2.12 bits per heavy atom. The maximum absolute atomic E-state index is 12.5. The van der Waals surface area contributed by atoms with Crippen LogP contribution < -0.4 is 4.90 Å². The molecular weight excluding hydrogens is 360 g/mol.